The molecular weight excluding hydrogens is 220 g/mol. The standard InChI is InChI=1S/C12H12N2O3/c1-2-3-12(15)10-7-13-11-6-8(14(16)17)4-5-9(10)11/h4-7,13H,2-3H2,1H3. The van der Waals surface area contributed by atoms with Gasteiger partial charge in [0, 0.05) is 35.7 Å². The number of carbonyl (C=O) groups is 1. The fourth-order valence-electron chi connectivity index (χ4n) is 1.82. The van der Waals surface area contributed by atoms with Crippen molar-refractivity contribution in [3.63, 3.8) is 0 Å². The fourth-order valence-corrected chi connectivity index (χ4v) is 1.82. The smallest absolute Gasteiger partial charge is 0.271 e. The Bertz CT molecular complexity index is 586. The zero-order valence-corrected chi connectivity index (χ0v) is 9.40. The van der Waals surface area contributed by atoms with E-state index in [-0.39, 0.29) is 11.5 Å². The summed E-state index contributed by atoms with van der Waals surface area (Å²) in [7, 11) is 0. The van der Waals surface area contributed by atoms with Crippen LogP contribution in [0.1, 0.15) is 30.1 Å². The van der Waals surface area contributed by atoms with Gasteiger partial charge in [0.05, 0.1) is 10.4 Å². The van der Waals surface area contributed by atoms with E-state index in [0.29, 0.717) is 17.5 Å². The van der Waals surface area contributed by atoms with E-state index >= 15 is 0 Å². The number of non-ortho nitro benzene ring substituents is 1. The van der Waals surface area contributed by atoms with Crippen molar-refractivity contribution in [3.8, 4) is 0 Å². The number of benzene rings is 1. The molecule has 0 saturated carbocycles. The topological polar surface area (TPSA) is 76.0 Å². The van der Waals surface area contributed by atoms with Gasteiger partial charge in [-0.3, -0.25) is 14.9 Å². The van der Waals surface area contributed by atoms with E-state index in [1.165, 1.54) is 12.1 Å². The second kappa shape index (κ2) is 4.37. The third kappa shape index (κ3) is 2.04. The van der Waals surface area contributed by atoms with Gasteiger partial charge in [0.1, 0.15) is 0 Å². The molecule has 0 amide bonds. The molecule has 1 N–H and O–H groups in total. The van der Waals surface area contributed by atoms with Gasteiger partial charge in [-0.25, -0.2) is 0 Å². The number of aromatic nitrogens is 1. The van der Waals surface area contributed by atoms with Crippen LogP contribution < -0.4 is 0 Å². The Morgan fingerprint density at radius 2 is 2.24 bits per heavy atom. The van der Waals surface area contributed by atoms with E-state index in [2.05, 4.69) is 4.98 Å². The van der Waals surface area contributed by atoms with E-state index in [9.17, 15) is 14.9 Å². The highest BCUT2D eigenvalue weighted by atomic mass is 16.6. The number of fused-ring (bicyclic) bond motifs is 1. The maximum absolute atomic E-state index is 11.8. The van der Waals surface area contributed by atoms with Gasteiger partial charge < -0.3 is 4.98 Å². The number of hydrogen-bond acceptors (Lipinski definition) is 3. The number of carbonyl (C=O) groups excluding carboxylic acids is 1. The summed E-state index contributed by atoms with van der Waals surface area (Å²) in [6.07, 6.45) is 2.90. The van der Waals surface area contributed by atoms with Gasteiger partial charge in [-0.15, -0.1) is 0 Å². The molecule has 17 heavy (non-hydrogen) atoms. The van der Waals surface area contributed by atoms with Crippen LogP contribution in [0.15, 0.2) is 24.4 Å². The van der Waals surface area contributed by atoms with Crippen LogP contribution in [0.2, 0.25) is 0 Å². The molecule has 1 heterocycles. The minimum absolute atomic E-state index is 0.0221. The Kier molecular flexibility index (Phi) is 2.91. The number of nitro benzene ring substituents is 1. The molecule has 0 aliphatic rings. The van der Waals surface area contributed by atoms with Crippen LogP contribution in [-0.4, -0.2) is 15.7 Å². The van der Waals surface area contributed by atoms with Crippen molar-refractivity contribution in [1.82, 2.24) is 4.98 Å². The largest absolute Gasteiger partial charge is 0.360 e. The van der Waals surface area contributed by atoms with E-state index in [0.717, 1.165) is 11.8 Å². The van der Waals surface area contributed by atoms with Crippen molar-refractivity contribution < 1.29 is 9.72 Å². The van der Waals surface area contributed by atoms with Gasteiger partial charge in [-0.05, 0) is 12.5 Å². The Labute approximate surface area is 97.6 Å². The molecule has 88 valence electrons. The normalized spacial score (nSPS) is 10.6. The predicted molar refractivity (Wildman–Crippen MR) is 64.2 cm³/mol. The highest BCUT2D eigenvalue weighted by Crippen LogP contribution is 2.24. The van der Waals surface area contributed by atoms with Crippen molar-refractivity contribution in [1.29, 1.82) is 0 Å². The van der Waals surface area contributed by atoms with E-state index in [1.807, 2.05) is 6.92 Å². The minimum atomic E-state index is -0.451. The lowest BCUT2D eigenvalue weighted by Crippen LogP contribution is -1.96. The van der Waals surface area contributed by atoms with Crippen LogP contribution >= 0.6 is 0 Å². The second-order valence-electron chi connectivity index (χ2n) is 3.86. The highest BCUT2D eigenvalue weighted by molar-refractivity contribution is 6.08. The summed E-state index contributed by atoms with van der Waals surface area (Å²) in [6, 6.07) is 4.48. The van der Waals surface area contributed by atoms with Crippen LogP contribution in [0.25, 0.3) is 10.9 Å². The van der Waals surface area contributed by atoms with Gasteiger partial charge in [0.25, 0.3) is 5.69 Å². The molecule has 2 rings (SSSR count). The summed E-state index contributed by atoms with van der Waals surface area (Å²) in [4.78, 5) is 24.8. The molecule has 5 heteroatoms. The van der Waals surface area contributed by atoms with Gasteiger partial charge in [0.2, 0.25) is 0 Å². The molecule has 0 fully saturated rings. The van der Waals surface area contributed by atoms with Gasteiger partial charge in [-0.1, -0.05) is 6.92 Å². The van der Waals surface area contributed by atoms with Gasteiger partial charge >= 0.3 is 0 Å². The molecule has 2 aromatic rings. The van der Waals surface area contributed by atoms with Crippen molar-refractivity contribution in [2.24, 2.45) is 0 Å². The predicted octanol–water partition coefficient (Wildman–Crippen LogP) is 3.06. The number of rotatable bonds is 4. The van der Waals surface area contributed by atoms with Crippen LogP contribution in [-0.2, 0) is 0 Å². The molecule has 0 saturated heterocycles. The van der Waals surface area contributed by atoms with Crippen LogP contribution in [0.4, 0.5) is 5.69 Å². The zero-order valence-electron chi connectivity index (χ0n) is 9.40. The lowest BCUT2D eigenvalue weighted by molar-refractivity contribution is -0.384. The molecule has 0 atom stereocenters. The lowest BCUT2D eigenvalue weighted by atomic mass is 10.1. The molecule has 0 radical (unpaired) electrons. The van der Waals surface area contributed by atoms with Crippen LogP contribution in [0, 0.1) is 10.1 Å². The first-order valence-electron chi connectivity index (χ1n) is 5.42. The molecule has 0 spiro atoms. The highest BCUT2D eigenvalue weighted by Gasteiger charge is 2.13. The Morgan fingerprint density at radius 1 is 1.47 bits per heavy atom. The average Bonchev–Trinajstić information content (AvgIpc) is 2.71. The first-order chi connectivity index (χ1) is 8.13. The van der Waals surface area contributed by atoms with Crippen molar-refractivity contribution in [2.45, 2.75) is 19.8 Å². The maximum Gasteiger partial charge on any atom is 0.271 e. The summed E-state index contributed by atoms with van der Waals surface area (Å²) in [5.74, 6) is 0.0626. The van der Waals surface area contributed by atoms with Crippen LogP contribution in [0.3, 0.4) is 0 Å². The molecule has 0 bridgehead atoms. The summed E-state index contributed by atoms with van der Waals surface area (Å²) in [6.45, 7) is 1.94. The first-order valence-corrected chi connectivity index (χ1v) is 5.42. The quantitative estimate of drug-likeness (QED) is 0.500. The van der Waals surface area contributed by atoms with E-state index in [1.54, 1.807) is 12.3 Å². The SMILES string of the molecule is CCCC(=O)c1c[nH]c2cc([N+](=O)[O-])ccc12. The maximum atomic E-state index is 11.8. The number of nitrogens with zero attached hydrogens (tertiary/aromatic N) is 1. The molecule has 0 aliphatic heterocycles. The molecule has 0 unspecified atom stereocenters. The van der Waals surface area contributed by atoms with E-state index < -0.39 is 4.92 Å². The number of ketones is 1. The Hall–Kier alpha value is -2.17. The lowest BCUT2D eigenvalue weighted by Gasteiger charge is -1.96. The minimum Gasteiger partial charge on any atom is -0.360 e. The number of H-pyrrole nitrogens is 1. The molecular formula is C12H12N2O3. The zero-order chi connectivity index (χ0) is 12.4. The molecule has 0 aliphatic carbocycles. The summed E-state index contributed by atoms with van der Waals surface area (Å²) >= 11 is 0. The third-order valence-electron chi connectivity index (χ3n) is 2.65. The van der Waals surface area contributed by atoms with Crippen LogP contribution in [0.5, 0.6) is 0 Å². The third-order valence-corrected chi connectivity index (χ3v) is 2.65. The number of Topliss-reactive ketones (excluding diaryl/α,β-unsaturated/α-hetero) is 1. The van der Waals surface area contributed by atoms with Crippen molar-refractivity contribution in [2.75, 3.05) is 0 Å². The van der Waals surface area contributed by atoms with Gasteiger partial charge in [-0.2, -0.15) is 0 Å². The fraction of sp³-hybridized carbons (Fsp3) is 0.250. The van der Waals surface area contributed by atoms with Gasteiger partial charge in [0.15, 0.2) is 5.78 Å². The van der Waals surface area contributed by atoms with E-state index in [4.69, 9.17) is 0 Å². The number of nitro groups is 1. The number of aromatic amines is 1. The second-order valence-corrected chi connectivity index (χ2v) is 3.86. The first kappa shape index (κ1) is 11.3. The average molecular weight is 232 g/mol. The molecule has 1 aromatic heterocycles. The summed E-state index contributed by atoms with van der Waals surface area (Å²) in [5.41, 5.74) is 1.25. The van der Waals surface area contributed by atoms with Crippen molar-refractivity contribution in [3.05, 3.63) is 40.1 Å². The summed E-state index contributed by atoms with van der Waals surface area (Å²) < 4.78 is 0. The Balaban J connectivity index is 2.48. The number of hydrogen-bond donors (Lipinski definition) is 1. The Morgan fingerprint density at radius 3 is 2.88 bits per heavy atom. The molecule has 5 nitrogen and oxygen atoms in total. The summed E-state index contributed by atoms with van der Waals surface area (Å²) in [5, 5.41) is 11.4. The van der Waals surface area contributed by atoms with Crippen molar-refractivity contribution >= 4 is 22.4 Å². The number of nitrogens with one attached hydrogen (secondary N) is 1. The monoisotopic (exact) mass is 232 g/mol. The molecule has 1 aromatic carbocycles.